The second kappa shape index (κ2) is 9.71. The van der Waals surface area contributed by atoms with Crippen LogP contribution in [0.1, 0.15) is 17.5 Å². The highest BCUT2D eigenvalue weighted by atomic mass is 19.1. The predicted octanol–water partition coefficient (Wildman–Crippen LogP) is 3.08. The van der Waals surface area contributed by atoms with Gasteiger partial charge >= 0.3 is 0 Å². The minimum atomic E-state index is -0.491. The molecule has 1 aromatic carbocycles. The number of hydrogen-bond donors (Lipinski definition) is 0. The van der Waals surface area contributed by atoms with Gasteiger partial charge in [0, 0.05) is 50.7 Å². The number of ether oxygens (including phenoxy) is 1. The maximum atomic E-state index is 14.1. The Bertz CT molecular complexity index is 658. The zero-order valence-electron chi connectivity index (χ0n) is 14.9. The smallest absolute Gasteiger partial charge is 0.130 e. The second-order valence-electron chi connectivity index (χ2n) is 6.58. The van der Waals surface area contributed by atoms with Gasteiger partial charge in [0.05, 0.1) is 13.2 Å². The maximum absolute atomic E-state index is 14.1. The van der Waals surface area contributed by atoms with Crippen LogP contribution in [0.3, 0.4) is 0 Å². The Morgan fingerprint density at radius 3 is 2.50 bits per heavy atom. The van der Waals surface area contributed by atoms with E-state index < -0.39 is 11.6 Å². The molecule has 26 heavy (non-hydrogen) atoms. The van der Waals surface area contributed by atoms with E-state index in [1.54, 1.807) is 12.4 Å². The highest BCUT2D eigenvalue weighted by Gasteiger charge is 2.15. The molecule has 0 N–H and O–H groups in total. The zero-order valence-corrected chi connectivity index (χ0v) is 14.9. The summed E-state index contributed by atoms with van der Waals surface area (Å²) in [6.07, 6.45) is 4.46. The van der Waals surface area contributed by atoms with E-state index in [9.17, 15) is 8.78 Å². The van der Waals surface area contributed by atoms with E-state index in [1.807, 2.05) is 12.1 Å². The molecule has 0 unspecified atom stereocenters. The average molecular weight is 361 g/mol. The molecule has 0 atom stereocenters. The van der Waals surface area contributed by atoms with Crippen LogP contribution in [0.15, 0.2) is 42.7 Å². The summed E-state index contributed by atoms with van der Waals surface area (Å²) in [6, 6.07) is 7.89. The van der Waals surface area contributed by atoms with E-state index in [0.717, 1.165) is 51.4 Å². The highest BCUT2D eigenvalue weighted by Crippen LogP contribution is 2.17. The lowest BCUT2D eigenvalue weighted by Gasteiger charge is -2.28. The van der Waals surface area contributed by atoms with Crippen molar-refractivity contribution in [2.24, 2.45) is 0 Å². The first-order valence-electron chi connectivity index (χ1n) is 9.06. The quantitative estimate of drug-likeness (QED) is 0.722. The number of aromatic nitrogens is 1. The molecule has 2 aromatic rings. The molecule has 1 aliphatic rings. The van der Waals surface area contributed by atoms with Crippen molar-refractivity contribution in [3.63, 3.8) is 0 Å². The van der Waals surface area contributed by atoms with Crippen molar-refractivity contribution in [1.82, 2.24) is 14.8 Å². The van der Waals surface area contributed by atoms with Gasteiger partial charge in [0.25, 0.3) is 0 Å². The first-order chi connectivity index (χ1) is 12.7. The number of morpholine rings is 1. The maximum Gasteiger partial charge on any atom is 0.130 e. The van der Waals surface area contributed by atoms with Gasteiger partial charge < -0.3 is 4.74 Å². The fourth-order valence-corrected chi connectivity index (χ4v) is 3.21. The zero-order chi connectivity index (χ0) is 18.2. The Morgan fingerprint density at radius 1 is 1.04 bits per heavy atom. The summed E-state index contributed by atoms with van der Waals surface area (Å²) in [5, 5.41) is 0. The molecule has 140 valence electrons. The fourth-order valence-electron chi connectivity index (χ4n) is 3.21. The molecule has 1 saturated heterocycles. The number of benzene rings is 1. The van der Waals surface area contributed by atoms with Crippen molar-refractivity contribution in [3.05, 3.63) is 65.5 Å². The lowest BCUT2D eigenvalue weighted by Crippen LogP contribution is -2.38. The molecule has 0 bridgehead atoms. The van der Waals surface area contributed by atoms with Crippen LogP contribution in [0.5, 0.6) is 0 Å². The second-order valence-corrected chi connectivity index (χ2v) is 6.58. The highest BCUT2D eigenvalue weighted by molar-refractivity contribution is 5.20. The Hall–Kier alpha value is -1.89. The summed E-state index contributed by atoms with van der Waals surface area (Å²) >= 11 is 0. The molecule has 1 aliphatic heterocycles. The lowest BCUT2D eigenvalue weighted by atomic mass is 10.1. The normalized spacial score (nSPS) is 15.5. The van der Waals surface area contributed by atoms with E-state index in [4.69, 9.17) is 4.74 Å². The van der Waals surface area contributed by atoms with E-state index in [2.05, 4.69) is 14.8 Å². The Balaban J connectivity index is 1.63. The number of pyridine rings is 1. The average Bonchev–Trinajstić information content (AvgIpc) is 2.66. The van der Waals surface area contributed by atoms with Gasteiger partial charge in [-0.1, -0.05) is 12.1 Å². The molecule has 6 heteroatoms. The molecule has 0 amide bonds. The van der Waals surface area contributed by atoms with Gasteiger partial charge in [-0.3, -0.25) is 14.8 Å². The van der Waals surface area contributed by atoms with Gasteiger partial charge in [0.15, 0.2) is 0 Å². The molecular weight excluding hydrogens is 336 g/mol. The molecule has 1 aromatic heterocycles. The predicted molar refractivity (Wildman–Crippen MR) is 96.6 cm³/mol. The molecule has 3 rings (SSSR count). The molecule has 0 spiro atoms. The monoisotopic (exact) mass is 361 g/mol. The summed E-state index contributed by atoms with van der Waals surface area (Å²) in [5.74, 6) is -0.983. The van der Waals surface area contributed by atoms with Crippen molar-refractivity contribution in [3.8, 4) is 0 Å². The third-order valence-corrected chi connectivity index (χ3v) is 4.62. The van der Waals surface area contributed by atoms with Crippen molar-refractivity contribution in [1.29, 1.82) is 0 Å². The SMILES string of the molecule is Fc1cccc(F)c1CN(CCCN1CCOCC1)Cc1cccnc1. The van der Waals surface area contributed by atoms with E-state index >= 15 is 0 Å². The molecule has 0 radical (unpaired) electrons. The van der Waals surface area contributed by atoms with Crippen molar-refractivity contribution in [2.75, 3.05) is 39.4 Å². The van der Waals surface area contributed by atoms with Crippen LogP contribution in [0.25, 0.3) is 0 Å². The summed E-state index contributed by atoms with van der Waals surface area (Å²) in [5.41, 5.74) is 1.17. The summed E-state index contributed by atoms with van der Waals surface area (Å²) in [4.78, 5) is 8.59. The van der Waals surface area contributed by atoms with E-state index in [-0.39, 0.29) is 12.1 Å². The van der Waals surface area contributed by atoms with Crippen LogP contribution < -0.4 is 0 Å². The first kappa shape index (κ1) is 18.9. The Morgan fingerprint density at radius 2 is 1.81 bits per heavy atom. The molecule has 2 heterocycles. The van der Waals surface area contributed by atoms with E-state index in [0.29, 0.717) is 6.54 Å². The van der Waals surface area contributed by atoms with Crippen LogP contribution in [-0.4, -0.2) is 54.2 Å². The fraction of sp³-hybridized carbons (Fsp3) is 0.450. The molecular formula is C20H25F2N3O. The van der Waals surface area contributed by atoms with Crippen molar-refractivity contribution < 1.29 is 13.5 Å². The largest absolute Gasteiger partial charge is 0.379 e. The standard InChI is InChI=1S/C20H25F2N3O/c21-19-5-1-6-20(22)18(19)16-25(15-17-4-2-7-23-14-17)9-3-8-24-10-12-26-13-11-24/h1-2,4-7,14H,3,8-13,15-16H2. The summed E-state index contributed by atoms with van der Waals surface area (Å²) < 4.78 is 33.5. The van der Waals surface area contributed by atoms with Gasteiger partial charge in [-0.15, -0.1) is 0 Å². The van der Waals surface area contributed by atoms with Crippen molar-refractivity contribution >= 4 is 0 Å². The molecule has 4 nitrogen and oxygen atoms in total. The lowest BCUT2D eigenvalue weighted by molar-refractivity contribution is 0.0358. The van der Waals surface area contributed by atoms with E-state index in [1.165, 1.54) is 18.2 Å². The number of hydrogen-bond acceptors (Lipinski definition) is 4. The van der Waals surface area contributed by atoms with Crippen LogP contribution in [0.4, 0.5) is 8.78 Å². The minimum absolute atomic E-state index is 0.128. The van der Waals surface area contributed by atoms with Crippen LogP contribution in [-0.2, 0) is 17.8 Å². The van der Waals surface area contributed by atoms with Gasteiger partial charge in [0.1, 0.15) is 11.6 Å². The van der Waals surface area contributed by atoms with Crippen LogP contribution in [0.2, 0.25) is 0 Å². The van der Waals surface area contributed by atoms with Crippen LogP contribution in [0, 0.1) is 11.6 Å². The Labute approximate surface area is 153 Å². The van der Waals surface area contributed by atoms with Gasteiger partial charge in [-0.2, -0.15) is 0 Å². The first-order valence-corrected chi connectivity index (χ1v) is 9.06. The third-order valence-electron chi connectivity index (χ3n) is 4.62. The number of rotatable bonds is 8. The molecule has 0 aliphatic carbocycles. The van der Waals surface area contributed by atoms with Crippen LogP contribution >= 0.6 is 0 Å². The van der Waals surface area contributed by atoms with Crippen molar-refractivity contribution in [2.45, 2.75) is 19.5 Å². The molecule has 0 saturated carbocycles. The topological polar surface area (TPSA) is 28.6 Å². The number of nitrogens with zero attached hydrogens (tertiary/aromatic N) is 3. The van der Waals surface area contributed by atoms with Gasteiger partial charge in [-0.25, -0.2) is 8.78 Å². The Kier molecular flexibility index (Phi) is 7.05. The minimum Gasteiger partial charge on any atom is -0.379 e. The van der Waals surface area contributed by atoms with Gasteiger partial charge in [0.2, 0.25) is 0 Å². The number of halogens is 2. The molecule has 1 fully saturated rings. The third kappa shape index (κ3) is 5.56. The summed E-state index contributed by atoms with van der Waals surface area (Å²) in [7, 11) is 0. The summed E-state index contributed by atoms with van der Waals surface area (Å²) in [6.45, 7) is 6.04. The van der Waals surface area contributed by atoms with Gasteiger partial charge in [-0.05, 0) is 36.7 Å².